The number of hydrogen-bond donors (Lipinski definition) is 0. The summed E-state index contributed by atoms with van der Waals surface area (Å²) in [5.41, 5.74) is 2.22. The maximum atomic E-state index is 10.8. The molecule has 2 atom stereocenters. The van der Waals surface area contributed by atoms with E-state index in [1.165, 1.54) is 17.7 Å². The molecule has 4 nitrogen and oxygen atoms in total. The third-order valence-corrected chi connectivity index (χ3v) is 4.26. The summed E-state index contributed by atoms with van der Waals surface area (Å²) in [5.74, 6) is 0.0990. The van der Waals surface area contributed by atoms with E-state index in [2.05, 4.69) is 29.0 Å². The second-order valence-electron chi connectivity index (χ2n) is 5.62. The largest absolute Gasteiger partial charge is 0.237 e. The van der Waals surface area contributed by atoms with Crippen molar-refractivity contribution in [3.8, 4) is 0 Å². The van der Waals surface area contributed by atoms with E-state index in [1.54, 1.807) is 0 Å². The molecular weight excluding hydrogens is 300 g/mol. The number of rotatable bonds is 8. The Balaban J connectivity index is 2.38. The van der Waals surface area contributed by atoms with Gasteiger partial charge >= 0.3 is 0 Å². The third-order valence-electron chi connectivity index (χ3n) is 4.26. The van der Waals surface area contributed by atoms with E-state index in [-0.39, 0.29) is 11.8 Å². The van der Waals surface area contributed by atoms with Crippen LogP contribution in [0.25, 0.3) is 0 Å². The minimum Gasteiger partial charge on any atom is -0.211 e. The highest BCUT2D eigenvalue weighted by molar-refractivity contribution is 5.39. The molecule has 0 heterocycles. The van der Waals surface area contributed by atoms with Crippen LogP contribution in [-0.2, 0) is 9.59 Å². The monoisotopic (exact) mass is 320 g/mol. The molecule has 0 bridgehead atoms. The van der Waals surface area contributed by atoms with E-state index in [0.29, 0.717) is 0 Å². The summed E-state index contributed by atoms with van der Waals surface area (Å²) in [7, 11) is 0. The van der Waals surface area contributed by atoms with Crippen molar-refractivity contribution in [2.45, 2.75) is 37.8 Å². The highest BCUT2D eigenvalue weighted by Gasteiger charge is 2.26. The summed E-state index contributed by atoms with van der Waals surface area (Å²) in [6, 6.07) is 19.9. The zero-order chi connectivity index (χ0) is 17.2. The van der Waals surface area contributed by atoms with Crippen LogP contribution in [0.15, 0.2) is 70.6 Å². The number of isocyanates is 2. The van der Waals surface area contributed by atoms with Crippen LogP contribution in [0.2, 0.25) is 0 Å². The average molecular weight is 320 g/mol. The lowest BCUT2D eigenvalue weighted by atomic mass is 9.82. The predicted molar refractivity (Wildman–Crippen MR) is 93.3 cm³/mol. The van der Waals surface area contributed by atoms with Crippen LogP contribution in [0.1, 0.15) is 42.7 Å². The van der Waals surface area contributed by atoms with Crippen LogP contribution in [0.4, 0.5) is 0 Å². The van der Waals surface area contributed by atoms with Crippen molar-refractivity contribution in [3.63, 3.8) is 0 Å². The van der Waals surface area contributed by atoms with Crippen molar-refractivity contribution >= 4 is 12.2 Å². The number of carbonyl (C=O) groups excluding carboxylic acids is 2. The minimum atomic E-state index is -0.792. The molecule has 4 heteroatoms. The topological polar surface area (TPSA) is 58.9 Å². The van der Waals surface area contributed by atoms with Gasteiger partial charge in [-0.25, -0.2) is 9.59 Å². The fraction of sp³-hybridized carbons (Fsp3) is 0.300. The van der Waals surface area contributed by atoms with Gasteiger partial charge in [-0.1, -0.05) is 67.6 Å². The molecule has 0 aliphatic heterocycles. The first-order chi connectivity index (χ1) is 11.8. The van der Waals surface area contributed by atoms with E-state index >= 15 is 0 Å². The lowest BCUT2D eigenvalue weighted by Gasteiger charge is -2.25. The lowest BCUT2D eigenvalue weighted by Crippen LogP contribution is -2.18. The smallest absolute Gasteiger partial charge is 0.211 e. The number of hydrogen-bond acceptors (Lipinski definition) is 4. The number of benzene rings is 2. The fourth-order valence-electron chi connectivity index (χ4n) is 3.02. The second kappa shape index (κ2) is 9.36. The van der Waals surface area contributed by atoms with Crippen LogP contribution >= 0.6 is 0 Å². The van der Waals surface area contributed by atoms with E-state index in [1.807, 2.05) is 48.5 Å². The first-order valence-corrected chi connectivity index (χ1v) is 8.04. The van der Waals surface area contributed by atoms with Crippen molar-refractivity contribution in [1.29, 1.82) is 0 Å². The van der Waals surface area contributed by atoms with Crippen LogP contribution in [0.5, 0.6) is 0 Å². The Morgan fingerprint density at radius 3 is 1.79 bits per heavy atom. The zero-order valence-corrected chi connectivity index (χ0v) is 13.6. The summed E-state index contributed by atoms with van der Waals surface area (Å²) >= 11 is 0. The third kappa shape index (κ3) is 4.60. The average Bonchev–Trinajstić information content (AvgIpc) is 2.64. The van der Waals surface area contributed by atoms with Gasteiger partial charge in [0.05, 0.1) is 0 Å². The molecule has 0 amide bonds. The van der Waals surface area contributed by atoms with Crippen molar-refractivity contribution in [1.82, 2.24) is 0 Å². The molecule has 0 spiro atoms. The van der Waals surface area contributed by atoms with Crippen LogP contribution < -0.4 is 0 Å². The predicted octanol–water partition coefficient (Wildman–Crippen LogP) is 4.35. The summed E-state index contributed by atoms with van der Waals surface area (Å²) in [5, 5.41) is 0. The first-order valence-electron chi connectivity index (χ1n) is 8.04. The molecule has 0 aliphatic carbocycles. The molecular formula is C20H20N2O2. The molecule has 0 N–H and O–H groups in total. The summed E-state index contributed by atoms with van der Waals surface area (Å²) in [4.78, 5) is 29.0. The Bertz CT molecular complexity index is 700. The molecule has 2 rings (SSSR count). The second-order valence-corrected chi connectivity index (χ2v) is 5.62. The van der Waals surface area contributed by atoms with Gasteiger partial charge in [0.25, 0.3) is 0 Å². The molecule has 122 valence electrons. The fourth-order valence-corrected chi connectivity index (χ4v) is 3.02. The number of aliphatic imine (C=N–C) groups is 2. The molecule has 0 aliphatic rings. The SMILES string of the molecule is CCC(CC(c1ccccc1)C(N=C=O)N=C=O)c1ccccc1. The Hall–Kier alpha value is -2.80. The van der Waals surface area contributed by atoms with Crippen LogP contribution in [0.3, 0.4) is 0 Å². The van der Waals surface area contributed by atoms with Gasteiger partial charge in [0, 0.05) is 5.92 Å². The van der Waals surface area contributed by atoms with E-state index in [4.69, 9.17) is 0 Å². The maximum absolute atomic E-state index is 10.8. The van der Waals surface area contributed by atoms with Gasteiger partial charge < -0.3 is 0 Å². The zero-order valence-electron chi connectivity index (χ0n) is 13.6. The van der Waals surface area contributed by atoms with Crippen LogP contribution in [-0.4, -0.2) is 18.3 Å². The van der Waals surface area contributed by atoms with E-state index < -0.39 is 6.17 Å². The van der Waals surface area contributed by atoms with Crippen molar-refractivity contribution in [3.05, 3.63) is 71.8 Å². The van der Waals surface area contributed by atoms with Gasteiger partial charge in [0.2, 0.25) is 12.2 Å². The highest BCUT2D eigenvalue weighted by Crippen LogP contribution is 2.35. The van der Waals surface area contributed by atoms with Gasteiger partial charge in [-0.15, -0.1) is 0 Å². The van der Waals surface area contributed by atoms with Gasteiger partial charge in [0.1, 0.15) is 0 Å². The van der Waals surface area contributed by atoms with Gasteiger partial charge in [-0.3, -0.25) is 0 Å². The minimum absolute atomic E-state index is 0.181. The van der Waals surface area contributed by atoms with E-state index in [9.17, 15) is 9.59 Å². The van der Waals surface area contributed by atoms with Gasteiger partial charge in [-0.2, -0.15) is 9.98 Å². The normalized spacial score (nSPS) is 13.9. The summed E-state index contributed by atoms with van der Waals surface area (Å²) < 4.78 is 0. The van der Waals surface area contributed by atoms with Gasteiger partial charge in [-0.05, 0) is 29.9 Å². The molecule has 24 heavy (non-hydrogen) atoms. The molecule has 2 aromatic carbocycles. The summed E-state index contributed by atoms with van der Waals surface area (Å²) in [6.07, 6.45) is 3.95. The van der Waals surface area contributed by atoms with Gasteiger partial charge in [0.15, 0.2) is 6.17 Å². The molecule has 0 aromatic heterocycles. The van der Waals surface area contributed by atoms with Crippen molar-refractivity contribution in [2.75, 3.05) is 0 Å². The molecule has 0 saturated carbocycles. The maximum Gasteiger partial charge on any atom is 0.237 e. The Morgan fingerprint density at radius 2 is 1.33 bits per heavy atom. The van der Waals surface area contributed by atoms with Crippen molar-refractivity contribution < 1.29 is 9.59 Å². The van der Waals surface area contributed by atoms with Crippen molar-refractivity contribution in [2.24, 2.45) is 9.98 Å². The standard InChI is InChI=1S/C20H20N2O2/c1-2-16(17-9-5-3-6-10-17)13-19(18-11-7-4-8-12-18)20(21-14-23)22-15-24/h3-12,16,19-20H,2,13H2,1H3. The molecule has 2 unspecified atom stereocenters. The van der Waals surface area contributed by atoms with Crippen LogP contribution in [0, 0.1) is 0 Å². The lowest BCUT2D eigenvalue weighted by molar-refractivity contribution is 0.451. The Kier molecular flexibility index (Phi) is 6.85. The Labute approximate surface area is 142 Å². The Morgan fingerprint density at radius 1 is 0.833 bits per heavy atom. The quantitative estimate of drug-likeness (QED) is 0.536. The molecule has 0 fully saturated rings. The first kappa shape index (κ1) is 17.6. The summed E-state index contributed by atoms with van der Waals surface area (Å²) in [6.45, 7) is 2.13. The molecule has 0 saturated heterocycles. The molecule has 0 radical (unpaired) electrons. The molecule has 2 aromatic rings. The van der Waals surface area contributed by atoms with E-state index in [0.717, 1.165) is 18.4 Å². The highest BCUT2D eigenvalue weighted by atomic mass is 16.1. The number of nitrogens with zero attached hydrogens (tertiary/aromatic N) is 2.